The van der Waals surface area contributed by atoms with Crippen molar-refractivity contribution in [1.29, 1.82) is 0 Å². The van der Waals surface area contributed by atoms with Crippen LogP contribution in [0.3, 0.4) is 0 Å². The minimum atomic E-state index is -0.528. The Morgan fingerprint density at radius 1 is 1.19 bits per heavy atom. The molecule has 0 bridgehead atoms. The van der Waals surface area contributed by atoms with Gasteiger partial charge in [0.2, 0.25) is 0 Å². The van der Waals surface area contributed by atoms with E-state index in [2.05, 4.69) is 9.88 Å². The molecular weight excluding hydrogens is 377 g/mol. The number of fused-ring (bicyclic) bond motifs is 1. The maximum atomic E-state index is 11.7. The molecular formula is C18H23Cl2N3O3. The molecule has 0 amide bonds. The van der Waals surface area contributed by atoms with Gasteiger partial charge in [0.25, 0.3) is 0 Å². The van der Waals surface area contributed by atoms with Gasteiger partial charge in [0.05, 0.1) is 17.5 Å². The third kappa shape index (κ3) is 5.11. The van der Waals surface area contributed by atoms with Crippen molar-refractivity contribution in [2.75, 3.05) is 29.7 Å². The summed E-state index contributed by atoms with van der Waals surface area (Å²) >= 11 is 11.7. The van der Waals surface area contributed by atoms with Gasteiger partial charge in [0.1, 0.15) is 5.82 Å². The number of aromatic nitrogens is 2. The van der Waals surface area contributed by atoms with Crippen LogP contribution in [0.15, 0.2) is 18.2 Å². The molecule has 0 radical (unpaired) electrons. The third-order valence-electron chi connectivity index (χ3n) is 4.10. The lowest BCUT2D eigenvalue weighted by Gasteiger charge is -2.22. The fraction of sp³-hybridized carbons (Fsp3) is 0.500. The SMILES string of the molecule is CCC(=O)OC(=O)CCc1nc2cc(N(CCCl)CCCl)ccc2n1C. The van der Waals surface area contributed by atoms with E-state index in [0.29, 0.717) is 31.3 Å². The summed E-state index contributed by atoms with van der Waals surface area (Å²) in [5, 5.41) is 0. The number of halogens is 2. The Balaban J connectivity index is 2.16. The largest absolute Gasteiger partial charge is 0.393 e. The molecule has 0 aliphatic rings. The highest BCUT2D eigenvalue weighted by Gasteiger charge is 2.14. The molecule has 0 aliphatic carbocycles. The number of alkyl halides is 2. The molecule has 0 unspecified atom stereocenters. The zero-order valence-corrected chi connectivity index (χ0v) is 16.5. The lowest BCUT2D eigenvalue weighted by atomic mass is 10.2. The number of esters is 2. The number of carbonyl (C=O) groups excluding carboxylic acids is 2. The van der Waals surface area contributed by atoms with Crippen LogP contribution >= 0.6 is 23.2 Å². The number of benzene rings is 1. The first-order valence-corrected chi connectivity index (χ1v) is 9.62. The van der Waals surface area contributed by atoms with Gasteiger partial charge in [-0.15, -0.1) is 23.2 Å². The number of rotatable bonds is 9. The van der Waals surface area contributed by atoms with Crippen LogP contribution in [0.4, 0.5) is 5.69 Å². The van der Waals surface area contributed by atoms with E-state index in [0.717, 1.165) is 22.5 Å². The Labute approximate surface area is 163 Å². The van der Waals surface area contributed by atoms with Crippen molar-refractivity contribution in [3.05, 3.63) is 24.0 Å². The first-order chi connectivity index (χ1) is 12.5. The van der Waals surface area contributed by atoms with Crippen LogP contribution in [0, 0.1) is 0 Å². The molecule has 0 saturated carbocycles. The van der Waals surface area contributed by atoms with Crippen LogP contribution in [0.5, 0.6) is 0 Å². The van der Waals surface area contributed by atoms with Gasteiger partial charge in [0, 0.05) is 50.4 Å². The summed E-state index contributed by atoms with van der Waals surface area (Å²) in [7, 11) is 1.90. The summed E-state index contributed by atoms with van der Waals surface area (Å²) in [4.78, 5) is 29.6. The Morgan fingerprint density at radius 2 is 1.88 bits per heavy atom. The number of aryl methyl sites for hydroxylation is 2. The van der Waals surface area contributed by atoms with Crippen LogP contribution in [0.25, 0.3) is 11.0 Å². The molecule has 2 rings (SSSR count). The maximum Gasteiger partial charge on any atom is 0.313 e. The van der Waals surface area contributed by atoms with E-state index < -0.39 is 11.9 Å². The minimum absolute atomic E-state index is 0.111. The van der Waals surface area contributed by atoms with Crippen molar-refractivity contribution in [3.63, 3.8) is 0 Å². The normalized spacial score (nSPS) is 10.9. The number of hydrogen-bond acceptors (Lipinski definition) is 5. The van der Waals surface area contributed by atoms with Crippen LogP contribution in [0.1, 0.15) is 25.6 Å². The zero-order chi connectivity index (χ0) is 19.1. The third-order valence-corrected chi connectivity index (χ3v) is 4.44. The van der Waals surface area contributed by atoms with E-state index in [4.69, 9.17) is 27.9 Å². The van der Waals surface area contributed by atoms with Gasteiger partial charge in [0.15, 0.2) is 0 Å². The molecule has 0 spiro atoms. The average Bonchev–Trinajstić information content (AvgIpc) is 2.95. The van der Waals surface area contributed by atoms with Gasteiger partial charge in [-0.1, -0.05) is 6.92 Å². The van der Waals surface area contributed by atoms with E-state index in [1.54, 1.807) is 6.92 Å². The Kier molecular flexibility index (Phi) is 7.72. The smallest absolute Gasteiger partial charge is 0.313 e. The second-order valence-electron chi connectivity index (χ2n) is 5.82. The quantitative estimate of drug-likeness (QED) is 0.367. The van der Waals surface area contributed by atoms with Gasteiger partial charge >= 0.3 is 11.9 Å². The van der Waals surface area contributed by atoms with Crippen LogP contribution in [-0.4, -0.2) is 46.3 Å². The summed E-state index contributed by atoms with van der Waals surface area (Å²) in [5.41, 5.74) is 2.82. The van der Waals surface area contributed by atoms with Crippen molar-refractivity contribution in [2.45, 2.75) is 26.2 Å². The standard InChI is InChI=1S/C18H23Cl2N3O3/c1-3-17(24)26-18(25)7-6-16-21-14-12-13(4-5-15(14)22(16)2)23(10-8-19)11-9-20/h4-5,12H,3,6-11H2,1-2H3. The molecule has 0 saturated heterocycles. The lowest BCUT2D eigenvalue weighted by Crippen LogP contribution is -2.27. The number of anilines is 1. The molecule has 0 aliphatic heterocycles. The molecule has 2 aromatic rings. The van der Waals surface area contributed by atoms with Gasteiger partial charge in [-0.3, -0.25) is 9.59 Å². The Hall–Kier alpha value is -1.79. The summed E-state index contributed by atoms with van der Waals surface area (Å²) in [6, 6.07) is 6.01. The molecule has 1 heterocycles. The number of ether oxygens (including phenoxy) is 1. The van der Waals surface area contributed by atoms with Crippen molar-refractivity contribution in [1.82, 2.24) is 9.55 Å². The second-order valence-corrected chi connectivity index (χ2v) is 6.58. The predicted octanol–water partition coefficient (Wildman–Crippen LogP) is 3.27. The summed E-state index contributed by atoms with van der Waals surface area (Å²) in [6.45, 7) is 3.06. The topological polar surface area (TPSA) is 64.4 Å². The first-order valence-electron chi connectivity index (χ1n) is 8.55. The summed E-state index contributed by atoms with van der Waals surface area (Å²) in [6.07, 6.45) is 0.700. The lowest BCUT2D eigenvalue weighted by molar-refractivity contribution is -0.159. The monoisotopic (exact) mass is 399 g/mol. The molecule has 26 heavy (non-hydrogen) atoms. The highest BCUT2D eigenvalue weighted by molar-refractivity contribution is 6.18. The van der Waals surface area contributed by atoms with Gasteiger partial charge in [-0.2, -0.15) is 0 Å². The molecule has 142 valence electrons. The Bertz CT molecular complexity index is 770. The summed E-state index contributed by atoms with van der Waals surface area (Å²) < 4.78 is 6.64. The highest BCUT2D eigenvalue weighted by Crippen LogP contribution is 2.23. The van der Waals surface area contributed by atoms with E-state index in [9.17, 15) is 9.59 Å². The van der Waals surface area contributed by atoms with Gasteiger partial charge < -0.3 is 14.2 Å². The Morgan fingerprint density at radius 3 is 2.50 bits per heavy atom. The fourth-order valence-electron chi connectivity index (χ4n) is 2.70. The van der Waals surface area contributed by atoms with Crippen LogP contribution < -0.4 is 4.90 Å². The first kappa shape index (κ1) is 20.5. The predicted molar refractivity (Wildman–Crippen MR) is 104 cm³/mol. The maximum absolute atomic E-state index is 11.7. The summed E-state index contributed by atoms with van der Waals surface area (Å²) in [5.74, 6) is 0.754. The molecule has 6 nitrogen and oxygen atoms in total. The number of hydrogen-bond donors (Lipinski definition) is 0. The molecule has 1 aromatic carbocycles. The fourth-order valence-corrected chi connectivity index (χ4v) is 3.10. The average molecular weight is 400 g/mol. The molecule has 0 N–H and O–H groups in total. The molecule has 0 fully saturated rings. The molecule has 0 atom stereocenters. The van der Waals surface area contributed by atoms with Crippen LogP contribution in [-0.2, 0) is 27.8 Å². The zero-order valence-electron chi connectivity index (χ0n) is 15.0. The minimum Gasteiger partial charge on any atom is -0.393 e. The van der Waals surface area contributed by atoms with Crippen molar-refractivity contribution < 1.29 is 14.3 Å². The molecule has 8 heteroatoms. The highest BCUT2D eigenvalue weighted by atomic mass is 35.5. The number of imidazole rings is 1. The number of nitrogens with zero attached hydrogens (tertiary/aromatic N) is 3. The van der Waals surface area contributed by atoms with Gasteiger partial charge in [-0.25, -0.2) is 4.98 Å². The molecule has 1 aromatic heterocycles. The second kappa shape index (κ2) is 9.78. The van der Waals surface area contributed by atoms with E-state index in [1.807, 2.05) is 29.8 Å². The number of carbonyl (C=O) groups is 2. The van der Waals surface area contributed by atoms with E-state index in [1.165, 1.54) is 0 Å². The van der Waals surface area contributed by atoms with E-state index in [-0.39, 0.29) is 12.8 Å². The van der Waals surface area contributed by atoms with Crippen molar-refractivity contribution in [2.24, 2.45) is 7.05 Å². The van der Waals surface area contributed by atoms with Crippen LogP contribution in [0.2, 0.25) is 0 Å². The van der Waals surface area contributed by atoms with Crippen molar-refractivity contribution in [3.8, 4) is 0 Å². The van der Waals surface area contributed by atoms with E-state index >= 15 is 0 Å². The van der Waals surface area contributed by atoms with Gasteiger partial charge in [-0.05, 0) is 18.2 Å². The van der Waals surface area contributed by atoms with Crippen molar-refractivity contribution >= 4 is 51.9 Å².